The second-order valence-corrected chi connectivity index (χ2v) is 15.7. The number of fused-ring (bicyclic) bond motifs is 7. The van der Waals surface area contributed by atoms with Gasteiger partial charge in [-0.25, -0.2) is 0 Å². The van der Waals surface area contributed by atoms with E-state index in [-0.39, 0.29) is 65.8 Å². The fourth-order valence-electron chi connectivity index (χ4n) is 11.7. The van der Waals surface area contributed by atoms with Crippen molar-refractivity contribution in [1.29, 1.82) is 0 Å². The first kappa shape index (κ1) is 29.5. The average molecular weight is 563 g/mol. The molecule has 6 aliphatic rings. The topological polar surface area (TPSA) is 120 Å². The maximum atomic E-state index is 11.7. The predicted octanol–water partition coefficient (Wildman–Crippen LogP) is 3.94. The Morgan fingerprint density at radius 3 is 2.38 bits per heavy atom. The zero-order chi connectivity index (χ0) is 28.7. The zero-order valence-corrected chi connectivity index (χ0v) is 25.1. The van der Waals surface area contributed by atoms with Gasteiger partial charge in [0, 0.05) is 17.3 Å². The number of ether oxygens (including phenoxy) is 2. The van der Waals surface area contributed by atoms with E-state index in [1.165, 1.54) is 12.0 Å². The molecule has 13 atom stereocenters. The second-order valence-electron chi connectivity index (χ2n) is 15.7. The van der Waals surface area contributed by atoms with Gasteiger partial charge in [0.2, 0.25) is 0 Å². The summed E-state index contributed by atoms with van der Waals surface area (Å²) in [5, 5.41) is 53.3. The number of allylic oxidation sites excluding steroid dienone is 2. The lowest BCUT2D eigenvalue weighted by Gasteiger charge is -2.71. The molecule has 4 saturated carbocycles. The van der Waals surface area contributed by atoms with Crippen molar-refractivity contribution in [2.45, 2.75) is 129 Å². The fourth-order valence-corrected chi connectivity index (χ4v) is 11.7. The van der Waals surface area contributed by atoms with Crippen LogP contribution in [0.25, 0.3) is 0 Å². The van der Waals surface area contributed by atoms with E-state index in [1.54, 1.807) is 0 Å². The van der Waals surface area contributed by atoms with Crippen LogP contribution in [0.1, 0.15) is 98.3 Å². The molecule has 5 aliphatic carbocycles. The molecule has 9 unspecified atom stereocenters. The number of aliphatic hydroxyl groups is 5. The lowest BCUT2D eigenvalue weighted by Crippen LogP contribution is -2.67. The zero-order valence-electron chi connectivity index (χ0n) is 25.1. The first-order valence-corrected chi connectivity index (χ1v) is 16.1. The van der Waals surface area contributed by atoms with Gasteiger partial charge < -0.3 is 35.0 Å². The standard InChI is InChI=1S/C33H54O7/c1-29-13-11-27(40-28-15-22(36)23(37)17-39-28)30(2,18-34)24(29)10-14-31(3)25(29)9-8-20-21-7-5-6-12-33(21,19-35)26(38)16-32(20,31)4/h8,21-28,34-38H,5-7,9-19H2,1-4H3/t21?,22?,23?,24?,25?,26-,27?,28?,29?,30-,31-,32-,33?/m1/s1. The van der Waals surface area contributed by atoms with Crippen LogP contribution < -0.4 is 0 Å². The van der Waals surface area contributed by atoms with E-state index in [0.717, 1.165) is 57.8 Å². The normalized spacial score (nSPS) is 56.3. The van der Waals surface area contributed by atoms with Gasteiger partial charge in [-0.05, 0) is 85.4 Å². The van der Waals surface area contributed by atoms with Crippen LogP contribution in [0.4, 0.5) is 0 Å². The van der Waals surface area contributed by atoms with Crippen LogP contribution in [0.15, 0.2) is 11.6 Å². The Labute approximate surface area is 240 Å². The highest BCUT2D eigenvalue weighted by Gasteiger charge is 2.69. The van der Waals surface area contributed by atoms with Crippen LogP contribution in [0.2, 0.25) is 0 Å². The summed E-state index contributed by atoms with van der Waals surface area (Å²) in [5.74, 6) is 0.971. The van der Waals surface area contributed by atoms with Crippen LogP contribution >= 0.6 is 0 Å². The highest BCUT2D eigenvalue weighted by atomic mass is 16.7. The van der Waals surface area contributed by atoms with E-state index in [2.05, 4.69) is 33.8 Å². The molecule has 0 bridgehead atoms. The molecule has 40 heavy (non-hydrogen) atoms. The Balaban J connectivity index is 1.31. The molecule has 5 fully saturated rings. The monoisotopic (exact) mass is 562 g/mol. The summed E-state index contributed by atoms with van der Waals surface area (Å²) in [5.41, 5.74) is 0.624. The largest absolute Gasteiger partial charge is 0.396 e. The van der Waals surface area contributed by atoms with Crippen molar-refractivity contribution in [1.82, 2.24) is 0 Å². The number of aliphatic hydroxyl groups excluding tert-OH is 5. The van der Waals surface area contributed by atoms with Gasteiger partial charge in [-0.15, -0.1) is 0 Å². The van der Waals surface area contributed by atoms with Crippen molar-refractivity contribution in [2.24, 2.45) is 44.8 Å². The van der Waals surface area contributed by atoms with Gasteiger partial charge in [0.15, 0.2) is 6.29 Å². The molecule has 1 heterocycles. The van der Waals surface area contributed by atoms with Crippen molar-refractivity contribution in [3.8, 4) is 0 Å². The number of rotatable bonds is 4. The van der Waals surface area contributed by atoms with E-state index in [1.807, 2.05) is 0 Å². The summed E-state index contributed by atoms with van der Waals surface area (Å²) in [4.78, 5) is 0. The summed E-state index contributed by atoms with van der Waals surface area (Å²) < 4.78 is 12.2. The summed E-state index contributed by atoms with van der Waals surface area (Å²) in [6, 6.07) is 0. The van der Waals surface area contributed by atoms with E-state index in [0.29, 0.717) is 5.92 Å². The molecule has 0 amide bonds. The van der Waals surface area contributed by atoms with Crippen LogP contribution in [0.3, 0.4) is 0 Å². The second kappa shape index (κ2) is 10.0. The van der Waals surface area contributed by atoms with Crippen LogP contribution in [0, 0.1) is 44.8 Å². The minimum absolute atomic E-state index is 0.0154. The maximum absolute atomic E-state index is 11.7. The van der Waals surface area contributed by atoms with E-state index < -0.39 is 30.0 Å². The van der Waals surface area contributed by atoms with Gasteiger partial charge in [-0.2, -0.15) is 0 Å². The molecule has 228 valence electrons. The molecule has 1 aliphatic heterocycles. The summed E-state index contributed by atoms with van der Waals surface area (Å²) in [6.07, 6.45) is 9.66. The molecular weight excluding hydrogens is 508 g/mol. The summed E-state index contributed by atoms with van der Waals surface area (Å²) in [6.45, 7) is 9.74. The fraction of sp³-hybridized carbons (Fsp3) is 0.939. The molecule has 0 aromatic rings. The van der Waals surface area contributed by atoms with Gasteiger partial charge in [0.25, 0.3) is 0 Å². The Morgan fingerprint density at radius 1 is 0.900 bits per heavy atom. The molecule has 0 aromatic carbocycles. The summed E-state index contributed by atoms with van der Waals surface area (Å²) in [7, 11) is 0. The number of hydrogen-bond acceptors (Lipinski definition) is 7. The summed E-state index contributed by atoms with van der Waals surface area (Å²) >= 11 is 0. The molecule has 0 radical (unpaired) electrons. The average Bonchev–Trinajstić information content (AvgIpc) is 2.93. The van der Waals surface area contributed by atoms with Crippen molar-refractivity contribution >= 4 is 0 Å². The third kappa shape index (κ3) is 3.87. The van der Waals surface area contributed by atoms with Crippen molar-refractivity contribution < 1.29 is 35.0 Å². The molecule has 7 heteroatoms. The van der Waals surface area contributed by atoms with Crippen LogP contribution in [0.5, 0.6) is 0 Å². The molecule has 0 aromatic heterocycles. The lowest BCUT2D eigenvalue weighted by atomic mass is 9.33. The smallest absolute Gasteiger partial charge is 0.160 e. The molecular formula is C33H54O7. The maximum Gasteiger partial charge on any atom is 0.160 e. The Kier molecular flexibility index (Phi) is 7.38. The van der Waals surface area contributed by atoms with Gasteiger partial charge in [0.1, 0.15) is 6.10 Å². The first-order chi connectivity index (χ1) is 18.9. The third-order valence-corrected chi connectivity index (χ3v) is 14.3. The van der Waals surface area contributed by atoms with Crippen LogP contribution in [-0.4, -0.2) is 76.1 Å². The Hall–Kier alpha value is -0.540. The van der Waals surface area contributed by atoms with E-state index >= 15 is 0 Å². The predicted molar refractivity (Wildman–Crippen MR) is 151 cm³/mol. The minimum Gasteiger partial charge on any atom is -0.396 e. The quantitative estimate of drug-likeness (QED) is 0.260. The Morgan fingerprint density at radius 2 is 1.68 bits per heavy atom. The molecule has 0 spiro atoms. The highest BCUT2D eigenvalue weighted by molar-refractivity contribution is 5.34. The molecule has 6 rings (SSSR count). The Bertz CT molecular complexity index is 1000. The van der Waals surface area contributed by atoms with Crippen molar-refractivity contribution in [3.05, 3.63) is 11.6 Å². The SMILES string of the molecule is CC12CCC(OC3CC(O)C(O)CO3)[C@](C)(CO)C1CC[C@]1(C)C2CC=C2C3CCCCC3(CO)[C@H](O)C[C@]21C. The van der Waals surface area contributed by atoms with E-state index in [9.17, 15) is 25.5 Å². The van der Waals surface area contributed by atoms with Crippen molar-refractivity contribution in [2.75, 3.05) is 19.8 Å². The van der Waals surface area contributed by atoms with Gasteiger partial charge >= 0.3 is 0 Å². The van der Waals surface area contributed by atoms with Gasteiger partial charge in [0.05, 0.1) is 38.1 Å². The third-order valence-electron chi connectivity index (χ3n) is 14.3. The number of hydrogen-bond donors (Lipinski definition) is 5. The van der Waals surface area contributed by atoms with Gasteiger partial charge in [-0.1, -0.05) is 52.2 Å². The van der Waals surface area contributed by atoms with Crippen molar-refractivity contribution in [3.63, 3.8) is 0 Å². The minimum atomic E-state index is -0.880. The lowest BCUT2D eigenvalue weighted by molar-refractivity contribution is -0.284. The van der Waals surface area contributed by atoms with Crippen LogP contribution in [-0.2, 0) is 9.47 Å². The van der Waals surface area contributed by atoms with Gasteiger partial charge in [-0.3, -0.25) is 0 Å². The molecule has 7 nitrogen and oxygen atoms in total. The first-order valence-electron chi connectivity index (χ1n) is 16.1. The highest BCUT2D eigenvalue weighted by Crippen LogP contribution is 2.75. The molecule has 1 saturated heterocycles. The van der Waals surface area contributed by atoms with E-state index in [4.69, 9.17) is 9.47 Å². The molecule has 5 N–H and O–H groups in total.